The number of allylic oxidation sites excluding steroid dienone is 6. The summed E-state index contributed by atoms with van der Waals surface area (Å²) in [4.78, 5) is 0. The molecule has 0 heterocycles. The summed E-state index contributed by atoms with van der Waals surface area (Å²) in [5, 5.41) is 13.4. The average molecular weight is 603 g/mol. The predicted molar refractivity (Wildman–Crippen MR) is 168 cm³/mol. The molecule has 1 aromatic rings. The molecule has 0 bridgehead atoms. The molecular formula is C33H48BrNO4. The first-order valence-electron chi connectivity index (χ1n) is 13.6. The van der Waals surface area contributed by atoms with Crippen LogP contribution in [0, 0.1) is 6.92 Å². The Balaban J connectivity index is 0.000000824. The topological polar surface area (TPSA) is 60.0 Å². The maximum Gasteiger partial charge on any atom is 0.139 e. The molecule has 0 radical (unpaired) electrons. The summed E-state index contributed by atoms with van der Waals surface area (Å²) in [5.74, 6) is 2.41. The van der Waals surface area contributed by atoms with Gasteiger partial charge in [-0.1, -0.05) is 46.4 Å². The van der Waals surface area contributed by atoms with Crippen LogP contribution in [0.15, 0.2) is 82.9 Å². The van der Waals surface area contributed by atoms with Crippen LogP contribution < -0.4 is 10.1 Å². The third-order valence-corrected chi connectivity index (χ3v) is 7.46. The molecule has 2 rings (SSSR count). The van der Waals surface area contributed by atoms with Crippen LogP contribution in [0.25, 0.3) is 0 Å². The van der Waals surface area contributed by atoms with Gasteiger partial charge in [-0.15, -0.1) is 0 Å². The normalized spacial score (nSPS) is 18.1. The Hall–Kier alpha value is -2.86. The number of rotatable bonds is 12. The second-order valence-corrected chi connectivity index (χ2v) is 10.9. The Bertz CT molecular complexity index is 1110. The molecule has 6 heteroatoms. The fourth-order valence-electron chi connectivity index (χ4n) is 4.36. The first-order valence-corrected chi connectivity index (χ1v) is 14.4. The van der Waals surface area contributed by atoms with Crippen LogP contribution in [0.1, 0.15) is 83.4 Å². The van der Waals surface area contributed by atoms with Crippen LogP contribution in [0.4, 0.5) is 0 Å². The summed E-state index contributed by atoms with van der Waals surface area (Å²) < 4.78 is 16.7. The van der Waals surface area contributed by atoms with Gasteiger partial charge < -0.3 is 24.6 Å². The molecule has 2 N–H and O–H groups in total. The zero-order valence-corrected chi connectivity index (χ0v) is 26.8. The number of benzene rings is 1. The zero-order chi connectivity index (χ0) is 29.6. The van der Waals surface area contributed by atoms with Gasteiger partial charge in [0.05, 0.1) is 35.9 Å². The van der Waals surface area contributed by atoms with Crippen molar-refractivity contribution in [2.24, 2.45) is 0 Å². The first kappa shape index (κ1) is 34.2. The van der Waals surface area contributed by atoms with Crippen LogP contribution in [-0.4, -0.2) is 19.3 Å². The van der Waals surface area contributed by atoms with E-state index in [2.05, 4.69) is 80.3 Å². The number of fused-ring (bicyclic) bond motifs is 1. The highest BCUT2D eigenvalue weighted by Crippen LogP contribution is 2.42. The molecule has 1 aromatic carbocycles. The molecule has 1 aliphatic carbocycles. The Morgan fingerprint density at radius 3 is 2.46 bits per heavy atom. The smallest absolute Gasteiger partial charge is 0.139 e. The second kappa shape index (κ2) is 17.0. The number of aryl methyl sites for hydroxylation is 2. The Morgan fingerprint density at radius 2 is 1.90 bits per heavy atom. The standard InChI is InChI=1S/C26H34BrNO3.C7H14O/c1-8-24(30-7)19(5)28-18(4)23(29)14-21(27)16-31-25-15-22-20(13-17(25)3)11-10-12-26(22,6)9-2;1-4-5-6-7(2)8-3/h8,13-16,28-29H,1,4,9-12H2,2-3,5-7H3;6H,4-5H2,1-3H3/b21-16-,23-14-,24-19-;7-6+. The van der Waals surface area contributed by atoms with Gasteiger partial charge in [-0.3, -0.25) is 0 Å². The molecule has 1 atom stereocenters. The number of aliphatic hydroxyl groups is 1. The van der Waals surface area contributed by atoms with Crippen molar-refractivity contribution >= 4 is 15.9 Å². The minimum Gasteiger partial charge on any atom is -0.506 e. The van der Waals surface area contributed by atoms with Crippen molar-refractivity contribution in [1.82, 2.24) is 5.32 Å². The summed E-state index contributed by atoms with van der Waals surface area (Å²) >= 11 is 3.44. The van der Waals surface area contributed by atoms with E-state index in [1.165, 1.54) is 36.5 Å². The zero-order valence-electron chi connectivity index (χ0n) is 25.2. The van der Waals surface area contributed by atoms with E-state index in [4.69, 9.17) is 14.2 Å². The van der Waals surface area contributed by atoms with Crippen LogP contribution in [0.5, 0.6) is 5.75 Å². The van der Waals surface area contributed by atoms with E-state index in [0.29, 0.717) is 21.6 Å². The van der Waals surface area contributed by atoms with E-state index < -0.39 is 0 Å². The molecule has 0 fully saturated rings. The maximum absolute atomic E-state index is 10.4. The van der Waals surface area contributed by atoms with Gasteiger partial charge in [0.1, 0.15) is 23.5 Å². The average Bonchev–Trinajstić information content (AvgIpc) is 2.91. The highest BCUT2D eigenvalue weighted by Gasteiger charge is 2.31. The van der Waals surface area contributed by atoms with Crippen molar-refractivity contribution in [3.05, 3.63) is 99.6 Å². The van der Waals surface area contributed by atoms with Crippen molar-refractivity contribution < 1.29 is 19.3 Å². The number of aliphatic hydroxyl groups excluding tert-OH is 1. The van der Waals surface area contributed by atoms with Crippen LogP contribution in [0.2, 0.25) is 0 Å². The third kappa shape index (κ3) is 10.7. The second-order valence-electron chi connectivity index (χ2n) is 10.0. The molecule has 39 heavy (non-hydrogen) atoms. The van der Waals surface area contributed by atoms with Crippen LogP contribution >= 0.6 is 15.9 Å². The molecule has 0 amide bonds. The maximum atomic E-state index is 10.4. The van der Waals surface area contributed by atoms with Crippen molar-refractivity contribution in [1.29, 1.82) is 0 Å². The fourth-order valence-corrected chi connectivity index (χ4v) is 4.67. The van der Waals surface area contributed by atoms with Gasteiger partial charge >= 0.3 is 0 Å². The van der Waals surface area contributed by atoms with Gasteiger partial charge in [0.2, 0.25) is 0 Å². The molecule has 1 aliphatic rings. The third-order valence-electron chi connectivity index (χ3n) is 7.04. The Morgan fingerprint density at radius 1 is 1.21 bits per heavy atom. The van der Waals surface area contributed by atoms with E-state index in [-0.39, 0.29) is 11.2 Å². The lowest BCUT2D eigenvalue weighted by molar-refractivity contribution is 0.291. The quantitative estimate of drug-likeness (QED) is 0.184. The number of hydrogen-bond acceptors (Lipinski definition) is 5. The molecule has 0 saturated carbocycles. The number of nitrogens with one attached hydrogen (secondary N) is 1. The minimum absolute atomic E-state index is 0.0219. The molecule has 5 nitrogen and oxygen atoms in total. The number of ether oxygens (including phenoxy) is 3. The molecule has 0 saturated heterocycles. The van der Waals surface area contributed by atoms with E-state index in [1.807, 2.05) is 13.8 Å². The van der Waals surface area contributed by atoms with Crippen LogP contribution in [0.3, 0.4) is 0 Å². The molecule has 0 aromatic heterocycles. The number of unbranched alkanes of at least 4 members (excludes halogenated alkanes) is 1. The predicted octanol–water partition coefficient (Wildman–Crippen LogP) is 9.56. The largest absolute Gasteiger partial charge is 0.506 e. The minimum atomic E-state index is -0.0219. The monoisotopic (exact) mass is 601 g/mol. The fraction of sp³-hybridized carbons (Fsp3) is 0.455. The van der Waals surface area contributed by atoms with E-state index in [1.54, 1.807) is 26.6 Å². The number of methoxy groups -OCH3 is 2. The van der Waals surface area contributed by atoms with Gasteiger partial charge in [0, 0.05) is 0 Å². The summed E-state index contributed by atoms with van der Waals surface area (Å²) in [6.45, 7) is 20.1. The van der Waals surface area contributed by atoms with E-state index in [0.717, 1.165) is 36.3 Å². The Kier molecular flexibility index (Phi) is 14.9. The highest BCUT2D eigenvalue weighted by molar-refractivity contribution is 9.11. The van der Waals surface area contributed by atoms with Crippen molar-refractivity contribution in [3.63, 3.8) is 0 Å². The van der Waals surface area contributed by atoms with E-state index >= 15 is 0 Å². The molecule has 1 unspecified atom stereocenters. The molecular weight excluding hydrogens is 554 g/mol. The lowest BCUT2D eigenvalue weighted by atomic mass is 9.69. The van der Waals surface area contributed by atoms with Gasteiger partial charge in [0.15, 0.2) is 0 Å². The van der Waals surface area contributed by atoms with Crippen molar-refractivity contribution in [3.8, 4) is 5.75 Å². The van der Waals surface area contributed by atoms with Gasteiger partial charge in [-0.25, -0.2) is 0 Å². The van der Waals surface area contributed by atoms with E-state index in [9.17, 15) is 5.11 Å². The SMILES string of the molecule is C=C/C(OC)=C(\C)NC(=C)/C(O)=C/C(Br)=C/Oc1cc2c(cc1C)CCCC2(C)CC.CCC/C=C(\C)OC. The number of hydrogen-bond donors (Lipinski definition) is 2. The summed E-state index contributed by atoms with van der Waals surface area (Å²) in [6.07, 6.45) is 13.8. The lowest BCUT2D eigenvalue weighted by Crippen LogP contribution is -2.26. The number of halogens is 1. The first-order chi connectivity index (χ1) is 18.5. The highest BCUT2D eigenvalue weighted by atomic mass is 79.9. The molecule has 216 valence electrons. The van der Waals surface area contributed by atoms with Gasteiger partial charge in [0.25, 0.3) is 0 Å². The van der Waals surface area contributed by atoms with Crippen molar-refractivity contribution in [2.45, 2.75) is 85.5 Å². The lowest BCUT2D eigenvalue weighted by Gasteiger charge is -2.36. The molecule has 0 spiro atoms. The summed E-state index contributed by atoms with van der Waals surface area (Å²) in [5.41, 5.74) is 5.15. The van der Waals surface area contributed by atoms with Crippen LogP contribution in [-0.2, 0) is 21.3 Å². The van der Waals surface area contributed by atoms with Gasteiger partial charge in [-0.2, -0.15) is 0 Å². The molecule has 0 aliphatic heterocycles. The van der Waals surface area contributed by atoms with Gasteiger partial charge in [-0.05, 0) is 115 Å². The van der Waals surface area contributed by atoms with Crippen molar-refractivity contribution in [2.75, 3.05) is 14.2 Å². The summed E-state index contributed by atoms with van der Waals surface area (Å²) in [6, 6.07) is 4.44. The Labute approximate surface area is 245 Å². The summed E-state index contributed by atoms with van der Waals surface area (Å²) in [7, 11) is 3.25.